The van der Waals surface area contributed by atoms with Crippen LogP contribution in [0.15, 0.2) is 53.7 Å². The normalized spacial score (nSPS) is 10.8. The van der Waals surface area contributed by atoms with Crippen molar-refractivity contribution in [3.05, 3.63) is 64.9 Å². The lowest BCUT2D eigenvalue weighted by molar-refractivity contribution is 0.626. The summed E-state index contributed by atoms with van der Waals surface area (Å²) < 4.78 is 14.6. The zero-order valence-corrected chi connectivity index (χ0v) is 13.0. The van der Waals surface area contributed by atoms with Gasteiger partial charge in [0.1, 0.15) is 5.82 Å². The molecule has 0 saturated heterocycles. The van der Waals surface area contributed by atoms with Gasteiger partial charge in [-0.25, -0.2) is 9.07 Å². The molecule has 1 aromatic heterocycles. The summed E-state index contributed by atoms with van der Waals surface area (Å²) >= 11 is 7.53. The smallest absolute Gasteiger partial charge is 0.210 e. The summed E-state index contributed by atoms with van der Waals surface area (Å²) in [6.45, 7) is 0. The van der Waals surface area contributed by atoms with Gasteiger partial charge < -0.3 is 5.84 Å². The van der Waals surface area contributed by atoms with Crippen molar-refractivity contribution in [2.45, 2.75) is 10.9 Å². The summed E-state index contributed by atoms with van der Waals surface area (Å²) in [4.78, 5) is 0. The Morgan fingerprint density at radius 2 is 1.95 bits per heavy atom. The zero-order valence-electron chi connectivity index (χ0n) is 11.4. The maximum Gasteiger partial charge on any atom is 0.210 e. The molecule has 0 unspecified atom stereocenters. The fourth-order valence-electron chi connectivity index (χ4n) is 1.98. The molecule has 22 heavy (non-hydrogen) atoms. The molecule has 0 saturated carbocycles. The highest BCUT2D eigenvalue weighted by molar-refractivity contribution is 7.98. The predicted molar refractivity (Wildman–Crippen MR) is 86.6 cm³/mol. The highest BCUT2D eigenvalue weighted by Crippen LogP contribution is 2.28. The van der Waals surface area contributed by atoms with Crippen LogP contribution in [0, 0.1) is 5.82 Å². The first-order chi connectivity index (χ1) is 10.6. The number of hydrogen-bond acceptors (Lipinski definition) is 4. The van der Waals surface area contributed by atoms with Crippen molar-refractivity contribution in [3.63, 3.8) is 0 Å². The second kappa shape index (κ2) is 6.37. The van der Waals surface area contributed by atoms with E-state index in [1.807, 2.05) is 24.3 Å². The molecule has 0 fully saturated rings. The Bertz CT molecular complexity index is 806. The molecule has 0 aliphatic heterocycles. The number of benzene rings is 2. The Kier molecular flexibility index (Phi) is 4.31. The molecule has 0 radical (unpaired) electrons. The molecular weight excluding hydrogens is 323 g/mol. The predicted octanol–water partition coefficient (Wildman–Crippen LogP) is 3.74. The van der Waals surface area contributed by atoms with Crippen molar-refractivity contribution < 1.29 is 4.39 Å². The minimum absolute atomic E-state index is 0.260. The second-order valence-electron chi connectivity index (χ2n) is 4.57. The third kappa shape index (κ3) is 3.08. The van der Waals surface area contributed by atoms with Crippen molar-refractivity contribution >= 4 is 23.4 Å². The number of hydrogen-bond donors (Lipinski definition) is 1. The van der Waals surface area contributed by atoms with Crippen LogP contribution in [-0.4, -0.2) is 14.9 Å². The highest BCUT2D eigenvalue weighted by Gasteiger charge is 2.14. The van der Waals surface area contributed by atoms with Crippen LogP contribution in [0.25, 0.3) is 11.4 Å². The van der Waals surface area contributed by atoms with Gasteiger partial charge in [0, 0.05) is 11.3 Å². The van der Waals surface area contributed by atoms with Crippen LogP contribution in [0.2, 0.25) is 5.02 Å². The summed E-state index contributed by atoms with van der Waals surface area (Å²) in [6.07, 6.45) is 0. The molecule has 1 heterocycles. The molecule has 0 bridgehead atoms. The molecule has 0 aliphatic rings. The van der Waals surface area contributed by atoms with E-state index in [-0.39, 0.29) is 5.82 Å². The third-order valence-corrected chi connectivity index (χ3v) is 4.38. The minimum Gasteiger partial charge on any atom is -0.335 e. The summed E-state index contributed by atoms with van der Waals surface area (Å²) in [5, 5.41) is 9.25. The van der Waals surface area contributed by atoms with E-state index in [1.165, 1.54) is 28.6 Å². The van der Waals surface area contributed by atoms with E-state index in [4.69, 9.17) is 17.4 Å². The summed E-state index contributed by atoms with van der Waals surface area (Å²) in [6, 6.07) is 13.7. The van der Waals surface area contributed by atoms with Crippen molar-refractivity contribution in [2.24, 2.45) is 0 Å². The van der Waals surface area contributed by atoms with Gasteiger partial charge in [0.05, 0.1) is 5.02 Å². The molecule has 0 spiro atoms. The average Bonchev–Trinajstić information content (AvgIpc) is 2.87. The van der Waals surface area contributed by atoms with E-state index in [0.717, 1.165) is 11.1 Å². The van der Waals surface area contributed by atoms with Gasteiger partial charge >= 0.3 is 0 Å². The molecule has 2 N–H and O–H groups in total. The average molecular weight is 335 g/mol. The number of halogens is 2. The van der Waals surface area contributed by atoms with Gasteiger partial charge in [0.15, 0.2) is 5.82 Å². The fourth-order valence-corrected chi connectivity index (χ4v) is 3.00. The van der Waals surface area contributed by atoms with Crippen LogP contribution in [-0.2, 0) is 5.75 Å². The van der Waals surface area contributed by atoms with Crippen LogP contribution >= 0.6 is 23.4 Å². The number of thioether (sulfide) groups is 1. The zero-order chi connectivity index (χ0) is 15.5. The van der Waals surface area contributed by atoms with Gasteiger partial charge in [0.25, 0.3) is 0 Å². The Labute approximate surface area is 136 Å². The van der Waals surface area contributed by atoms with Gasteiger partial charge in [-0.05, 0) is 29.8 Å². The van der Waals surface area contributed by atoms with E-state index in [1.54, 1.807) is 12.1 Å². The van der Waals surface area contributed by atoms with Crippen molar-refractivity contribution in [2.75, 3.05) is 5.84 Å². The maximum atomic E-state index is 13.2. The Hall–Kier alpha value is -2.05. The van der Waals surface area contributed by atoms with Crippen LogP contribution in [0.4, 0.5) is 4.39 Å². The van der Waals surface area contributed by atoms with E-state index in [0.29, 0.717) is 21.8 Å². The van der Waals surface area contributed by atoms with Crippen LogP contribution in [0.1, 0.15) is 5.56 Å². The first kappa shape index (κ1) is 14.9. The summed E-state index contributed by atoms with van der Waals surface area (Å²) in [5.41, 5.74) is 1.57. The van der Waals surface area contributed by atoms with E-state index in [2.05, 4.69) is 10.2 Å². The number of nitrogen functional groups attached to an aromatic ring is 1. The van der Waals surface area contributed by atoms with Crippen LogP contribution in [0.5, 0.6) is 0 Å². The monoisotopic (exact) mass is 334 g/mol. The first-order valence-corrected chi connectivity index (χ1v) is 7.84. The maximum absolute atomic E-state index is 13.2. The van der Waals surface area contributed by atoms with Crippen LogP contribution in [0.3, 0.4) is 0 Å². The van der Waals surface area contributed by atoms with Gasteiger partial charge in [-0.15, -0.1) is 10.2 Å². The molecule has 0 atom stereocenters. The highest BCUT2D eigenvalue weighted by atomic mass is 35.5. The van der Waals surface area contributed by atoms with Crippen LogP contribution < -0.4 is 5.84 Å². The molecule has 112 valence electrons. The topological polar surface area (TPSA) is 56.7 Å². The minimum atomic E-state index is -0.260. The number of aromatic nitrogens is 3. The number of rotatable bonds is 4. The molecule has 4 nitrogen and oxygen atoms in total. The van der Waals surface area contributed by atoms with E-state index >= 15 is 0 Å². The van der Waals surface area contributed by atoms with Gasteiger partial charge in [-0.1, -0.05) is 47.6 Å². The second-order valence-corrected chi connectivity index (χ2v) is 5.92. The standard InChI is InChI=1S/C15H12ClFN4S/c16-13-7-2-1-6-12(13)14-19-20-15(21(14)18)22-9-10-4-3-5-11(17)8-10/h1-8H,9,18H2. The third-order valence-electron chi connectivity index (χ3n) is 3.04. The molecule has 3 rings (SSSR count). The van der Waals surface area contributed by atoms with E-state index in [9.17, 15) is 4.39 Å². The largest absolute Gasteiger partial charge is 0.335 e. The van der Waals surface area contributed by atoms with Gasteiger partial charge in [-0.3, -0.25) is 0 Å². The first-order valence-electron chi connectivity index (χ1n) is 6.48. The van der Waals surface area contributed by atoms with Crippen molar-refractivity contribution in [1.29, 1.82) is 0 Å². The lowest BCUT2D eigenvalue weighted by Crippen LogP contribution is -2.11. The number of nitrogens with two attached hydrogens (primary N) is 1. The van der Waals surface area contributed by atoms with E-state index < -0.39 is 0 Å². The molecule has 0 aliphatic carbocycles. The van der Waals surface area contributed by atoms with Crippen molar-refractivity contribution in [3.8, 4) is 11.4 Å². The molecule has 2 aromatic carbocycles. The Morgan fingerprint density at radius 3 is 2.73 bits per heavy atom. The summed E-state index contributed by atoms with van der Waals surface area (Å²) in [5.74, 6) is 6.82. The Morgan fingerprint density at radius 1 is 1.14 bits per heavy atom. The molecule has 3 aromatic rings. The quantitative estimate of drug-likeness (QED) is 0.583. The summed E-state index contributed by atoms with van der Waals surface area (Å²) in [7, 11) is 0. The van der Waals surface area contributed by atoms with Gasteiger partial charge in [0.2, 0.25) is 5.16 Å². The lowest BCUT2D eigenvalue weighted by Gasteiger charge is -2.05. The SMILES string of the molecule is Nn1c(SCc2cccc(F)c2)nnc1-c1ccccc1Cl. The van der Waals surface area contributed by atoms with Gasteiger partial charge in [-0.2, -0.15) is 0 Å². The Balaban J connectivity index is 1.81. The number of nitrogens with zero attached hydrogens (tertiary/aromatic N) is 3. The molecular formula is C15H12ClFN4S. The molecule has 7 heteroatoms. The van der Waals surface area contributed by atoms with Crippen molar-refractivity contribution in [1.82, 2.24) is 14.9 Å². The fraction of sp³-hybridized carbons (Fsp3) is 0.0667. The lowest BCUT2D eigenvalue weighted by atomic mass is 10.2. The molecule has 0 amide bonds.